The monoisotopic (exact) mass is 211 g/mol. The normalized spacial score (nSPS) is 27.6. The minimum Gasteiger partial charge on any atom is -0.389 e. The van der Waals surface area contributed by atoms with Crippen molar-refractivity contribution in [2.45, 2.75) is 69.9 Å². The Balaban J connectivity index is 1.65. The summed E-state index contributed by atoms with van der Waals surface area (Å²) in [5.41, 5.74) is -0.393. The van der Waals surface area contributed by atoms with Gasteiger partial charge in [-0.1, -0.05) is 32.1 Å². The average Bonchev–Trinajstić information content (AvgIpc) is 3.00. The minimum atomic E-state index is -0.393. The molecule has 0 heterocycles. The first kappa shape index (κ1) is 11.4. The first-order valence-electron chi connectivity index (χ1n) is 6.64. The van der Waals surface area contributed by atoms with Crippen molar-refractivity contribution in [2.24, 2.45) is 5.92 Å². The van der Waals surface area contributed by atoms with Crippen molar-refractivity contribution < 1.29 is 5.11 Å². The molecule has 15 heavy (non-hydrogen) atoms. The Labute approximate surface area is 93.5 Å². The predicted octanol–water partition coefficient (Wildman–Crippen LogP) is 2.46. The molecule has 2 fully saturated rings. The topological polar surface area (TPSA) is 32.3 Å². The van der Waals surface area contributed by atoms with Gasteiger partial charge in [-0.2, -0.15) is 0 Å². The summed E-state index contributed by atoms with van der Waals surface area (Å²) in [7, 11) is 0. The van der Waals surface area contributed by atoms with E-state index in [1.54, 1.807) is 0 Å². The largest absolute Gasteiger partial charge is 0.389 e. The van der Waals surface area contributed by atoms with Crippen molar-refractivity contribution in [3.8, 4) is 0 Å². The van der Waals surface area contributed by atoms with E-state index in [9.17, 15) is 5.11 Å². The molecule has 0 aliphatic heterocycles. The second-order valence-electron chi connectivity index (χ2n) is 5.75. The molecule has 0 radical (unpaired) electrons. The van der Waals surface area contributed by atoms with Crippen LogP contribution in [0.1, 0.15) is 58.3 Å². The molecule has 1 unspecified atom stereocenters. The van der Waals surface area contributed by atoms with Crippen LogP contribution in [-0.4, -0.2) is 23.3 Å². The second kappa shape index (κ2) is 4.84. The van der Waals surface area contributed by atoms with Crippen molar-refractivity contribution >= 4 is 0 Å². The zero-order valence-electron chi connectivity index (χ0n) is 9.97. The van der Waals surface area contributed by atoms with Crippen molar-refractivity contribution in [2.75, 3.05) is 6.54 Å². The molecule has 0 aromatic heterocycles. The maximum absolute atomic E-state index is 10.3. The van der Waals surface area contributed by atoms with Crippen LogP contribution in [0, 0.1) is 5.92 Å². The van der Waals surface area contributed by atoms with Crippen LogP contribution in [0.5, 0.6) is 0 Å². The number of rotatable bonds is 5. The van der Waals surface area contributed by atoms with Gasteiger partial charge in [0.15, 0.2) is 0 Å². The van der Waals surface area contributed by atoms with Gasteiger partial charge in [0, 0.05) is 12.6 Å². The van der Waals surface area contributed by atoms with E-state index in [-0.39, 0.29) is 0 Å². The molecule has 2 aliphatic carbocycles. The van der Waals surface area contributed by atoms with Crippen LogP contribution in [0.15, 0.2) is 0 Å². The van der Waals surface area contributed by atoms with Gasteiger partial charge in [0.1, 0.15) is 0 Å². The third-order valence-electron chi connectivity index (χ3n) is 3.95. The summed E-state index contributed by atoms with van der Waals surface area (Å²) in [6.07, 6.45) is 9.86. The zero-order chi connectivity index (χ0) is 10.7. The molecule has 2 rings (SSSR count). The van der Waals surface area contributed by atoms with E-state index < -0.39 is 5.60 Å². The molecule has 0 aromatic rings. The first-order chi connectivity index (χ1) is 7.18. The van der Waals surface area contributed by atoms with E-state index in [1.807, 2.05) is 0 Å². The molecule has 2 N–H and O–H groups in total. The molecule has 2 aliphatic rings. The smallest absolute Gasteiger partial charge is 0.0771 e. The second-order valence-corrected chi connectivity index (χ2v) is 5.75. The van der Waals surface area contributed by atoms with Gasteiger partial charge in [-0.3, -0.25) is 0 Å². The number of hydrogen-bond acceptors (Lipinski definition) is 2. The Morgan fingerprint density at radius 2 is 1.93 bits per heavy atom. The van der Waals surface area contributed by atoms with Gasteiger partial charge in [-0.15, -0.1) is 0 Å². The van der Waals surface area contributed by atoms with Crippen LogP contribution < -0.4 is 5.32 Å². The SMILES string of the molecule is CC(CC1CC1)NCC1(O)CCCCC1. The molecule has 2 heteroatoms. The van der Waals surface area contributed by atoms with E-state index >= 15 is 0 Å². The Hall–Kier alpha value is -0.0800. The molecule has 1 atom stereocenters. The maximum Gasteiger partial charge on any atom is 0.0771 e. The van der Waals surface area contributed by atoms with Crippen LogP contribution >= 0.6 is 0 Å². The third-order valence-corrected chi connectivity index (χ3v) is 3.95. The third kappa shape index (κ3) is 3.76. The summed E-state index contributed by atoms with van der Waals surface area (Å²) in [6, 6.07) is 0.587. The molecular formula is C13H25NO. The van der Waals surface area contributed by atoms with Crippen LogP contribution in [-0.2, 0) is 0 Å². The molecular weight excluding hydrogens is 186 g/mol. The lowest BCUT2D eigenvalue weighted by Gasteiger charge is -2.33. The highest BCUT2D eigenvalue weighted by molar-refractivity contribution is 4.86. The van der Waals surface area contributed by atoms with Crippen molar-refractivity contribution in [1.29, 1.82) is 0 Å². The quantitative estimate of drug-likeness (QED) is 0.732. The lowest BCUT2D eigenvalue weighted by atomic mass is 9.84. The minimum absolute atomic E-state index is 0.393. The van der Waals surface area contributed by atoms with E-state index in [0.717, 1.165) is 25.3 Å². The summed E-state index contributed by atoms with van der Waals surface area (Å²) in [4.78, 5) is 0. The van der Waals surface area contributed by atoms with E-state index in [0.29, 0.717) is 6.04 Å². The molecule has 2 nitrogen and oxygen atoms in total. The Bertz CT molecular complexity index is 195. The van der Waals surface area contributed by atoms with Gasteiger partial charge in [0.25, 0.3) is 0 Å². The van der Waals surface area contributed by atoms with Crippen LogP contribution in [0.4, 0.5) is 0 Å². The van der Waals surface area contributed by atoms with Crippen molar-refractivity contribution in [3.63, 3.8) is 0 Å². The van der Waals surface area contributed by atoms with E-state index in [4.69, 9.17) is 0 Å². The fourth-order valence-electron chi connectivity index (χ4n) is 2.69. The summed E-state index contributed by atoms with van der Waals surface area (Å²) in [5.74, 6) is 0.980. The molecule has 2 saturated carbocycles. The van der Waals surface area contributed by atoms with Crippen molar-refractivity contribution in [3.05, 3.63) is 0 Å². The van der Waals surface area contributed by atoms with Gasteiger partial charge in [-0.25, -0.2) is 0 Å². The standard InChI is InChI=1S/C13H25NO/c1-11(9-12-5-6-12)14-10-13(15)7-3-2-4-8-13/h11-12,14-15H,2-10H2,1H3. The highest BCUT2D eigenvalue weighted by Crippen LogP contribution is 2.33. The number of hydrogen-bond donors (Lipinski definition) is 2. The van der Waals surface area contributed by atoms with Crippen LogP contribution in [0.2, 0.25) is 0 Å². The van der Waals surface area contributed by atoms with Gasteiger partial charge in [0.2, 0.25) is 0 Å². The summed E-state index contributed by atoms with van der Waals surface area (Å²) >= 11 is 0. The average molecular weight is 211 g/mol. The fourth-order valence-corrected chi connectivity index (χ4v) is 2.69. The molecule has 0 spiro atoms. The Morgan fingerprint density at radius 1 is 1.27 bits per heavy atom. The van der Waals surface area contributed by atoms with Gasteiger partial charge < -0.3 is 10.4 Å². The van der Waals surface area contributed by atoms with Crippen LogP contribution in [0.25, 0.3) is 0 Å². The Kier molecular flexibility index (Phi) is 3.68. The summed E-state index contributed by atoms with van der Waals surface area (Å²) in [5, 5.41) is 13.8. The zero-order valence-corrected chi connectivity index (χ0v) is 9.97. The lowest BCUT2D eigenvalue weighted by Crippen LogP contribution is -2.45. The number of aliphatic hydroxyl groups is 1. The summed E-state index contributed by atoms with van der Waals surface area (Å²) in [6.45, 7) is 3.06. The molecule has 0 amide bonds. The molecule has 0 bridgehead atoms. The van der Waals surface area contributed by atoms with E-state index in [2.05, 4.69) is 12.2 Å². The number of nitrogens with one attached hydrogen (secondary N) is 1. The molecule has 0 saturated heterocycles. The molecule has 0 aromatic carbocycles. The van der Waals surface area contributed by atoms with Gasteiger partial charge in [0.05, 0.1) is 5.60 Å². The predicted molar refractivity (Wildman–Crippen MR) is 62.8 cm³/mol. The Morgan fingerprint density at radius 3 is 2.53 bits per heavy atom. The highest BCUT2D eigenvalue weighted by Gasteiger charge is 2.30. The van der Waals surface area contributed by atoms with Crippen LogP contribution in [0.3, 0.4) is 0 Å². The van der Waals surface area contributed by atoms with E-state index in [1.165, 1.54) is 38.5 Å². The summed E-state index contributed by atoms with van der Waals surface area (Å²) < 4.78 is 0. The fraction of sp³-hybridized carbons (Fsp3) is 1.00. The van der Waals surface area contributed by atoms with Crippen molar-refractivity contribution in [1.82, 2.24) is 5.32 Å². The first-order valence-corrected chi connectivity index (χ1v) is 6.64. The molecule has 88 valence electrons. The maximum atomic E-state index is 10.3. The van der Waals surface area contributed by atoms with Gasteiger partial charge >= 0.3 is 0 Å². The highest BCUT2D eigenvalue weighted by atomic mass is 16.3. The lowest BCUT2D eigenvalue weighted by molar-refractivity contribution is 0.00274. The van der Waals surface area contributed by atoms with Gasteiger partial charge in [-0.05, 0) is 32.1 Å².